The Balaban J connectivity index is 2.38. The third-order valence-corrected chi connectivity index (χ3v) is 3.67. The van der Waals surface area contributed by atoms with Gasteiger partial charge in [-0.15, -0.1) is 0 Å². The maximum absolute atomic E-state index is 12.6. The van der Waals surface area contributed by atoms with Gasteiger partial charge >= 0.3 is 0 Å². The molecule has 3 rings (SSSR count). The van der Waals surface area contributed by atoms with Crippen molar-refractivity contribution in [1.29, 1.82) is 0 Å². The molecule has 0 saturated carbocycles. The average molecular weight is 342 g/mol. The van der Waals surface area contributed by atoms with Crippen LogP contribution in [0.5, 0.6) is 23.0 Å². The predicted molar refractivity (Wildman–Crippen MR) is 93.6 cm³/mol. The maximum Gasteiger partial charge on any atom is 0.209 e. The van der Waals surface area contributed by atoms with Crippen LogP contribution in [0.3, 0.4) is 0 Å². The maximum atomic E-state index is 12.6. The van der Waals surface area contributed by atoms with Crippen LogP contribution >= 0.6 is 0 Å². The minimum atomic E-state index is -0.467. The first-order valence-electron chi connectivity index (χ1n) is 7.95. The zero-order valence-electron chi connectivity index (χ0n) is 13.9. The highest BCUT2D eigenvalue weighted by atomic mass is 16.5. The Morgan fingerprint density at radius 1 is 0.960 bits per heavy atom. The van der Waals surface area contributed by atoms with Crippen LogP contribution in [-0.4, -0.2) is 23.4 Å². The number of phenols is 2. The molecule has 25 heavy (non-hydrogen) atoms. The molecule has 2 N–H and O–H groups in total. The normalized spacial score (nSPS) is 10.8. The van der Waals surface area contributed by atoms with Gasteiger partial charge in [0.25, 0.3) is 0 Å². The first-order valence-corrected chi connectivity index (χ1v) is 7.95. The van der Waals surface area contributed by atoms with E-state index in [1.54, 1.807) is 26.0 Å². The van der Waals surface area contributed by atoms with Gasteiger partial charge in [-0.2, -0.15) is 0 Å². The lowest BCUT2D eigenvalue weighted by atomic mass is 10.1. The smallest absolute Gasteiger partial charge is 0.209 e. The van der Waals surface area contributed by atoms with Crippen LogP contribution in [-0.2, 0) is 0 Å². The monoisotopic (exact) mass is 342 g/mol. The summed E-state index contributed by atoms with van der Waals surface area (Å²) >= 11 is 0. The third kappa shape index (κ3) is 2.87. The van der Waals surface area contributed by atoms with E-state index in [2.05, 4.69) is 0 Å². The quantitative estimate of drug-likeness (QED) is 0.735. The van der Waals surface area contributed by atoms with E-state index in [0.717, 1.165) is 0 Å². The summed E-state index contributed by atoms with van der Waals surface area (Å²) in [5.74, 6) is -0.790. The van der Waals surface area contributed by atoms with Crippen molar-refractivity contribution >= 4 is 11.0 Å². The standard InChI is InChI=1S/C19H18O6/c1-3-23-18-15(21)14-12(20)10-13(11-8-6-5-7-9-11)25-17(14)19(16(18)22)24-4-2/h5-10,21-22H,3-4H2,1-2H3. The van der Waals surface area contributed by atoms with Crippen LogP contribution in [0.25, 0.3) is 22.3 Å². The number of aromatic hydroxyl groups is 2. The Morgan fingerprint density at radius 2 is 1.60 bits per heavy atom. The van der Waals surface area contributed by atoms with E-state index in [-0.39, 0.29) is 35.7 Å². The van der Waals surface area contributed by atoms with Gasteiger partial charge in [-0.05, 0) is 13.8 Å². The molecule has 0 aliphatic heterocycles. The molecule has 0 unspecified atom stereocenters. The molecule has 0 amide bonds. The second kappa shape index (κ2) is 6.76. The van der Waals surface area contributed by atoms with E-state index in [1.807, 2.05) is 18.2 Å². The third-order valence-electron chi connectivity index (χ3n) is 3.67. The molecule has 0 bridgehead atoms. The van der Waals surface area contributed by atoms with Gasteiger partial charge < -0.3 is 24.1 Å². The highest BCUT2D eigenvalue weighted by molar-refractivity contribution is 5.95. The van der Waals surface area contributed by atoms with Crippen molar-refractivity contribution < 1.29 is 24.1 Å². The van der Waals surface area contributed by atoms with Crippen LogP contribution in [0, 0.1) is 0 Å². The molecule has 6 nitrogen and oxygen atoms in total. The topological polar surface area (TPSA) is 89.1 Å². The molecular formula is C19H18O6. The molecule has 0 spiro atoms. The molecule has 0 aliphatic carbocycles. The van der Waals surface area contributed by atoms with E-state index in [1.165, 1.54) is 6.07 Å². The molecule has 0 fully saturated rings. The van der Waals surface area contributed by atoms with Gasteiger partial charge in [0.05, 0.1) is 13.2 Å². The van der Waals surface area contributed by atoms with E-state index < -0.39 is 16.9 Å². The summed E-state index contributed by atoms with van der Waals surface area (Å²) in [7, 11) is 0. The van der Waals surface area contributed by atoms with Crippen LogP contribution in [0.2, 0.25) is 0 Å². The van der Waals surface area contributed by atoms with Crippen LogP contribution in [0.15, 0.2) is 45.6 Å². The molecule has 2 aromatic carbocycles. The fourth-order valence-electron chi connectivity index (χ4n) is 2.62. The number of ether oxygens (including phenoxy) is 2. The van der Waals surface area contributed by atoms with Crippen molar-refractivity contribution in [2.24, 2.45) is 0 Å². The Bertz CT molecular complexity index is 959. The van der Waals surface area contributed by atoms with Crippen LogP contribution in [0.1, 0.15) is 13.8 Å². The fourth-order valence-corrected chi connectivity index (χ4v) is 2.62. The van der Waals surface area contributed by atoms with Crippen molar-refractivity contribution in [3.05, 3.63) is 46.6 Å². The SMILES string of the molecule is CCOc1c(O)c(OCC)c2oc(-c3ccccc3)cc(=O)c2c1O. The van der Waals surface area contributed by atoms with E-state index in [4.69, 9.17) is 13.9 Å². The lowest BCUT2D eigenvalue weighted by Gasteiger charge is -2.15. The van der Waals surface area contributed by atoms with Crippen molar-refractivity contribution in [2.45, 2.75) is 13.8 Å². The summed E-state index contributed by atoms with van der Waals surface area (Å²) in [5, 5.41) is 20.7. The molecule has 0 aliphatic rings. The molecule has 0 radical (unpaired) electrons. The average Bonchev–Trinajstić information content (AvgIpc) is 2.62. The van der Waals surface area contributed by atoms with Crippen molar-refractivity contribution in [3.63, 3.8) is 0 Å². The summed E-state index contributed by atoms with van der Waals surface area (Å²) in [6, 6.07) is 10.4. The molecule has 3 aromatic rings. The van der Waals surface area contributed by atoms with Crippen LogP contribution in [0.4, 0.5) is 0 Å². The number of hydrogen-bond acceptors (Lipinski definition) is 6. The second-order valence-corrected chi connectivity index (χ2v) is 5.27. The molecule has 0 atom stereocenters. The van der Waals surface area contributed by atoms with E-state index in [0.29, 0.717) is 11.3 Å². The Morgan fingerprint density at radius 3 is 2.24 bits per heavy atom. The number of rotatable bonds is 5. The summed E-state index contributed by atoms with van der Waals surface area (Å²) < 4.78 is 16.5. The first kappa shape index (κ1) is 16.7. The van der Waals surface area contributed by atoms with E-state index >= 15 is 0 Å². The van der Waals surface area contributed by atoms with Gasteiger partial charge in [0, 0.05) is 11.6 Å². The number of benzene rings is 2. The number of phenolic OH excluding ortho intramolecular Hbond substituents is 2. The molecule has 0 saturated heterocycles. The first-order chi connectivity index (χ1) is 12.1. The van der Waals surface area contributed by atoms with Crippen molar-refractivity contribution in [2.75, 3.05) is 13.2 Å². The Labute approximate surface area is 143 Å². The Kier molecular flexibility index (Phi) is 4.52. The molecule has 1 aromatic heterocycles. The van der Waals surface area contributed by atoms with Crippen LogP contribution < -0.4 is 14.9 Å². The number of fused-ring (bicyclic) bond motifs is 1. The van der Waals surface area contributed by atoms with Gasteiger partial charge in [-0.3, -0.25) is 4.79 Å². The zero-order chi connectivity index (χ0) is 18.0. The van der Waals surface area contributed by atoms with Gasteiger partial charge in [-0.1, -0.05) is 30.3 Å². The van der Waals surface area contributed by atoms with E-state index in [9.17, 15) is 15.0 Å². The molecule has 1 heterocycles. The molecule has 130 valence electrons. The largest absolute Gasteiger partial charge is 0.504 e. The van der Waals surface area contributed by atoms with Crippen molar-refractivity contribution in [3.8, 4) is 34.3 Å². The minimum absolute atomic E-state index is 0.0216. The Hall–Kier alpha value is -3.15. The van der Waals surface area contributed by atoms with Gasteiger partial charge in [0.15, 0.2) is 16.8 Å². The molecular weight excluding hydrogens is 324 g/mol. The summed E-state index contributed by atoms with van der Waals surface area (Å²) in [4.78, 5) is 12.6. The summed E-state index contributed by atoms with van der Waals surface area (Å²) in [5.41, 5.74) is 0.211. The predicted octanol–water partition coefficient (Wildman–Crippen LogP) is 3.67. The lowest BCUT2D eigenvalue weighted by molar-refractivity contribution is 0.278. The summed E-state index contributed by atoms with van der Waals surface area (Å²) in [6.45, 7) is 3.87. The lowest BCUT2D eigenvalue weighted by Crippen LogP contribution is -2.05. The summed E-state index contributed by atoms with van der Waals surface area (Å²) in [6.07, 6.45) is 0. The minimum Gasteiger partial charge on any atom is -0.504 e. The van der Waals surface area contributed by atoms with Gasteiger partial charge in [0.2, 0.25) is 17.2 Å². The van der Waals surface area contributed by atoms with Crippen molar-refractivity contribution in [1.82, 2.24) is 0 Å². The van der Waals surface area contributed by atoms with Gasteiger partial charge in [-0.25, -0.2) is 0 Å². The molecule has 6 heteroatoms. The zero-order valence-corrected chi connectivity index (χ0v) is 13.9. The highest BCUT2D eigenvalue weighted by Gasteiger charge is 2.25. The highest BCUT2D eigenvalue weighted by Crippen LogP contribution is 2.49. The second-order valence-electron chi connectivity index (χ2n) is 5.27. The van der Waals surface area contributed by atoms with Gasteiger partial charge in [0.1, 0.15) is 11.1 Å². The number of hydrogen-bond donors (Lipinski definition) is 2. The fraction of sp³-hybridized carbons (Fsp3) is 0.211.